The summed E-state index contributed by atoms with van der Waals surface area (Å²) >= 11 is 6.45. The van der Waals surface area contributed by atoms with E-state index in [1.165, 1.54) is 24.1 Å². The van der Waals surface area contributed by atoms with Gasteiger partial charge in [0.15, 0.2) is 0 Å². The van der Waals surface area contributed by atoms with Crippen LogP contribution in [0.2, 0.25) is 5.02 Å². The number of ether oxygens (including phenoxy) is 1. The smallest absolute Gasteiger partial charge is 0.0587 e. The Morgan fingerprint density at radius 3 is 2.90 bits per heavy atom. The average Bonchev–Trinajstić information content (AvgIpc) is 2.47. The van der Waals surface area contributed by atoms with Gasteiger partial charge in [0.1, 0.15) is 0 Å². The lowest BCUT2D eigenvalue weighted by Gasteiger charge is -2.40. The van der Waals surface area contributed by atoms with Crippen molar-refractivity contribution in [2.75, 3.05) is 31.7 Å². The number of halogens is 1. The van der Waals surface area contributed by atoms with Crippen LogP contribution in [0.5, 0.6) is 0 Å². The SMILES string of the molecule is COCCNCc1c(Cl)cccc1N1CC(C)CCC1C. The van der Waals surface area contributed by atoms with Crippen molar-refractivity contribution in [3.8, 4) is 0 Å². The van der Waals surface area contributed by atoms with Crippen LogP contribution in [0.3, 0.4) is 0 Å². The number of nitrogens with zero attached hydrogens (tertiary/aromatic N) is 1. The molecule has 0 radical (unpaired) electrons. The summed E-state index contributed by atoms with van der Waals surface area (Å²) in [4.78, 5) is 2.52. The Balaban J connectivity index is 2.15. The molecule has 1 aliphatic rings. The van der Waals surface area contributed by atoms with Crippen LogP contribution in [0.4, 0.5) is 5.69 Å². The van der Waals surface area contributed by atoms with Gasteiger partial charge in [-0.15, -0.1) is 0 Å². The molecule has 4 heteroatoms. The number of nitrogens with one attached hydrogen (secondary N) is 1. The van der Waals surface area contributed by atoms with Crippen molar-refractivity contribution < 1.29 is 4.74 Å². The summed E-state index contributed by atoms with van der Waals surface area (Å²) in [5.74, 6) is 0.745. The molecule has 2 unspecified atom stereocenters. The first-order valence-electron chi connectivity index (χ1n) is 7.87. The van der Waals surface area contributed by atoms with Crippen LogP contribution in [0, 0.1) is 5.92 Å². The van der Waals surface area contributed by atoms with Crippen molar-refractivity contribution in [3.63, 3.8) is 0 Å². The second-order valence-corrected chi connectivity index (χ2v) is 6.50. The molecule has 118 valence electrons. The van der Waals surface area contributed by atoms with Gasteiger partial charge in [-0.2, -0.15) is 0 Å². The van der Waals surface area contributed by atoms with Gasteiger partial charge in [-0.25, -0.2) is 0 Å². The van der Waals surface area contributed by atoms with E-state index in [1.807, 2.05) is 6.07 Å². The zero-order chi connectivity index (χ0) is 15.2. The van der Waals surface area contributed by atoms with Crippen LogP contribution in [0.15, 0.2) is 18.2 Å². The Bertz CT molecular complexity index is 452. The van der Waals surface area contributed by atoms with Crippen LogP contribution >= 0.6 is 11.6 Å². The second-order valence-electron chi connectivity index (χ2n) is 6.09. The van der Waals surface area contributed by atoms with Crippen molar-refractivity contribution in [2.45, 2.75) is 39.3 Å². The van der Waals surface area contributed by atoms with E-state index in [4.69, 9.17) is 16.3 Å². The molecule has 1 heterocycles. The number of methoxy groups -OCH3 is 1. The fraction of sp³-hybridized carbons (Fsp3) is 0.647. The van der Waals surface area contributed by atoms with Gasteiger partial charge in [0.2, 0.25) is 0 Å². The Kier molecular flexibility index (Phi) is 6.34. The van der Waals surface area contributed by atoms with E-state index in [2.05, 4.69) is 36.2 Å². The minimum absolute atomic E-state index is 0.581. The number of anilines is 1. The summed E-state index contributed by atoms with van der Waals surface area (Å²) in [6, 6.07) is 6.82. The van der Waals surface area contributed by atoms with E-state index in [0.29, 0.717) is 6.04 Å². The third-order valence-corrected chi connectivity index (χ3v) is 4.66. The third-order valence-electron chi connectivity index (χ3n) is 4.31. The lowest BCUT2D eigenvalue weighted by molar-refractivity contribution is 0.199. The Morgan fingerprint density at radius 1 is 1.33 bits per heavy atom. The summed E-state index contributed by atoms with van der Waals surface area (Å²) < 4.78 is 5.08. The highest BCUT2D eigenvalue weighted by molar-refractivity contribution is 6.31. The van der Waals surface area contributed by atoms with E-state index < -0.39 is 0 Å². The molecule has 0 saturated carbocycles. The topological polar surface area (TPSA) is 24.5 Å². The molecular weight excluding hydrogens is 284 g/mol. The fourth-order valence-corrected chi connectivity index (χ4v) is 3.24. The lowest BCUT2D eigenvalue weighted by atomic mass is 9.93. The predicted octanol–water partition coefficient (Wildman–Crippen LogP) is 3.70. The molecule has 3 nitrogen and oxygen atoms in total. The van der Waals surface area contributed by atoms with E-state index >= 15 is 0 Å². The number of piperidine rings is 1. The van der Waals surface area contributed by atoms with Crippen molar-refractivity contribution in [3.05, 3.63) is 28.8 Å². The highest BCUT2D eigenvalue weighted by Gasteiger charge is 2.25. The molecule has 2 atom stereocenters. The van der Waals surface area contributed by atoms with Crippen molar-refractivity contribution in [2.24, 2.45) is 5.92 Å². The highest BCUT2D eigenvalue weighted by atomic mass is 35.5. The minimum Gasteiger partial charge on any atom is -0.383 e. The van der Waals surface area contributed by atoms with Crippen LogP contribution < -0.4 is 10.2 Å². The number of hydrogen-bond donors (Lipinski definition) is 1. The molecule has 1 saturated heterocycles. The second kappa shape index (κ2) is 8.02. The maximum atomic E-state index is 6.45. The molecule has 1 N–H and O–H groups in total. The largest absolute Gasteiger partial charge is 0.383 e. The minimum atomic E-state index is 0.581. The lowest BCUT2D eigenvalue weighted by Crippen LogP contribution is -2.41. The van der Waals surface area contributed by atoms with Crippen molar-refractivity contribution in [1.82, 2.24) is 5.32 Å². The molecule has 1 aromatic carbocycles. The van der Waals surface area contributed by atoms with Crippen LogP contribution in [-0.2, 0) is 11.3 Å². The molecular formula is C17H27ClN2O. The summed E-state index contributed by atoms with van der Waals surface area (Å²) in [5.41, 5.74) is 2.49. The first-order valence-corrected chi connectivity index (χ1v) is 8.25. The summed E-state index contributed by atoms with van der Waals surface area (Å²) in [7, 11) is 1.72. The maximum Gasteiger partial charge on any atom is 0.0587 e. The van der Waals surface area contributed by atoms with E-state index in [0.717, 1.165) is 37.2 Å². The van der Waals surface area contributed by atoms with Gasteiger partial charge < -0.3 is 15.0 Å². The summed E-state index contributed by atoms with van der Waals surface area (Å²) in [5, 5.41) is 4.26. The molecule has 0 amide bonds. The summed E-state index contributed by atoms with van der Waals surface area (Å²) in [6.45, 7) is 8.11. The highest BCUT2D eigenvalue weighted by Crippen LogP contribution is 2.33. The number of hydrogen-bond acceptors (Lipinski definition) is 3. The van der Waals surface area contributed by atoms with E-state index in [9.17, 15) is 0 Å². The zero-order valence-electron chi connectivity index (χ0n) is 13.4. The Hall–Kier alpha value is -0.770. The van der Waals surface area contributed by atoms with Crippen molar-refractivity contribution in [1.29, 1.82) is 0 Å². The maximum absolute atomic E-state index is 6.45. The van der Waals surface area contributed by atoms with Gasteiger partial charge >= 0.3 is 0 Å². The molecule has 1 fully saturated rings. The number of benzene rings is 1. The Morgan fingerprint density at radius 2 is 2.14 bits per heavy atom. The van der Waals surface area contributed by atoms with Crippen molar-refractivity contribution >= 4 is 17.3 Å². The van der Waals surface area contributed by atoms with Gasteiger partial charge in [0.05, 0.1) is 6.61 Å². The van der Waals surface area contributed by atoms with Gasteiger partial charge in [-0.05, 0) is 37.8 Å². The van der Waals surface area contributed by atoms with E-state index in [1.54, 1.807) is 7.11 Å². The standard InChI is InChI=1S/C17H27ClN2O/c1-13-7-8-14(2)20(12-13)17-6-4-5-16(18)15(17)11-19-9-10-21-3/h4-6,13-14,19H,7-12H2,1-3H3. The molecule has 0 aliphatic carbocycles. The molecule has 1 aromatic rings. The molecule has 0 bridgehead atoms. The van der Waals surface area contributed by atoms with Gasteiger partial charge in [-0.3, -0.25) is 0 Å². The molecule has 2 rings (SSSR count). The normalized spacial score (nSPS) is 22.6. The fourth-order valence-electron chi connectivity index (χ4n) is 3.00. The zero-order valence-corrected chi connectivity index (χ0v) is 14.1. The van der Waals surface area contributed by atoms with E-state index in [-0.39, 0.29) is 0 Å². The first-order chi connectivity index (χ1) is 10.1. The third kappa shape index (κ3) is 4.35. The molecule has 1 aliphatic heterocycles. The quantitative estimate of drug-likeness (QED) is 0.811. The van der Waals surface area contributed by atoms with Gasteiger partial charge in [-0.1, -0.05) is 24.6 Å². The molecule has 0 spiro atoms. The first kappa shape index (κ1) is 16.6. The van der Waals surface area contributed by atoms with Crippen LogP contribution in [0.25, 0.3) is 0 Å². The monoisotopic (exact) mass is 310 g/mol. The van der Waals surface area contributed by atoms with Gasteiger partial charge in [0.25, 0.3) is 0 Å². The average molecular weight is 311 g/mol. The predicted molar refractivity (Wildman–Crippen MR) is 90.2 cm³/mol. The number of rotatable bonds is 6. The Labute approximate surface area is 133 Å². The van der Waals surface area contributed by atoms with Crippen LogP contribution in [-0.4, -0.2) is 32.8 Å². The van der Waals surface area contributed by atoms with Gasteiger partial charge in [0, 0.05) is 49.1 Å². The summed E-state index contributed by atoms with van der Waals surface area (Å²) in [6.07, 6.45) is 2.57. The van der Waals surface area contributed by atoms with Crippen LogP contribution in [0.1, 0.15) is 32.3 Å². The molecule has 0 aromatic heterocycles. The molecule has 21 heavy (non-hydrogen) atoms.